The fourth-order valence-electron chi connectivity index (χ4n) is 4.00. The monoisotopic (exact) mass is 410 g/mol. The van der Waals surface area contributed by atoms with Gasteiger partial charge in [0.1, 0.15) is 0 Å². The van der Waals surface area contributed by atoms with Gasteiger partial charge in [-0.25, -0.2) is 5.43 Å². The summed E-state index contributed by atoms with van der Waals surface area (Å²) in [6.07, 6.45) is 2.34. The van der Waals surface area contributed by atoms with Gasteiger partial charge in [0.2, 0.25) is 0 Å². The van der Waals surface area contributed by atoms with Crippen LogP contribution in [0.2, 0.25) is 0 Å². The van der Waals surface area contributed by atoms with Gasteiger partial charge in [0.05, 0.1) is 17.4 Å². The van der Waals surface area contributed by atoms with Crippen molar-refractivity contribution in [3.8, 4) is 0 Å². The van der Waals surface area contributed by atoms with E-state index in [1.54, 1.807) is 0 Å². The number of hydrazine groups is 1. The van der Waals surface area contributed by atoms with Crippen LogP contribution in [0.4, 0.5) is 5.69 Å². The Morgan fingerprint density at radius 3 is 1.68 bits per heavy atom. The van der Waals surface area contributed by atoms with Crippen LogP contribution in [0.25, 0.3) is 5.70 Å². The number of hydrogen-bond acceptors (Lipinski definition) is 2. The molecule has 3 aromatic carbocycles. The van der Waals surface area contributed by atoms with Crippen LogP contribution in [0.15, 0.2) is 84.9 Å². The molecule has 0 fully saturated rings. The largest absolute Gasteiger partial charge is 0.276 e. The molecule has 4 rings (SSSR count). The zero-order chi connectivity index (χ0) is 22.2. The summed E-state index contributed by atoms with van der Waals surface area (Å²) in [5.74, 6) is 0. The van der Waals surface area contributed by atoms with Crippen LogP contribution >= 0.6 is 0 Å². The number of para-hydroxylation sites is 1. The van der Waals surface area contributed by atoms with E-state index in [0.29, 0.717) is 0 Å². The highest BCUT2D eigenvalue weighted by atomic mass is 15.5. The molecule has 0 amide bonds. The predicted molar refractivity (Wildman–Crippen MR) is 133 cm³/mol. The lowest BCUT2D eigenvalue weighted by Crippen LogP contribution is -2.33. The first kappa shape index (κ1) is 21.4. The molecule has 1 unspecified atom stereocenters. The normalized spacial score (nSPS) is 17.0. The minimum absolute atomic E-state index is 0.131. The summed E-state index contributed by atoms with van der Waals surface area (Å²) in [5.41, 5.74) is 11.6. The number of anilines is 1. The molecule has 0 radical (unpaired) electrons. The quantitative estimate of drug-likeness (QED) is 0.484. The van der Waals surface area contributed by atoms with Crippen LogP contribution in [0.1, 0.15) is 69.8 Å². The van der Waals surface area contributed by atoms with Gasteiger partial charge < -0.3 is 0 Å². The molecule has 1 aliphatic heterocycles. The molecule has 3 aromatic rings. The van der Waals surface area contributed by atoms with Gasteiger partial charge in [-0.1, -0.05) is 108 Å². The zero-order valence-electron chi connectivity index (χ0n) is 19.6. The average molecular weight is 411 g/mol. The van der Waals surface area contributed by atoms with E-state index in [0.717, 1.165) is 5.69 Å². The van der Waals surface area contributed by atoms with Gasteiger partial charge in [-0.2, -0.15) is 0 Å². The van der Waals surface area contributed by atoms with Gasteiger partial charge in [0.15, 0.2) is 0 Å². The third kappa shape index (κ3) is 4.60. The zero-order valence-corrected chi connectivity index (χ0v) is 19.6. The van der Waals surface area contributed by atoms with E-state index in [4.69, 9.17) is 0 Å². The molecule has 1 heterocycles. The number of benzene rings is 3. The summed E-state index contributed by atoms with van der Waals surface area (Å²) < 4.78 is 0. The minimum atomic E-state index is 0.131. The molecular weight excluding hydrogens is 376 g/mol. The summed E-state index contributed by atoms with van der Waals surface area (Å²) >= 11 is 0. The first-order chi connectivity index (χ1) is 14.6. The second-order valence-electron chi connectivity index (χ2n) is 10.5. The maximum absolute atomic E-state index is 3.72. The molecular formula is C29H34N2. The SMILES string of the molecule is CC(C)(C)c1ccc(C2=CC(c3ccc(C(C)(C)C)cc3)NN2c2ccccc2)cc1. The molecule has 0 aliphatic carbocycles. The van der Waals surface area contributed by atoms with E-state index in [1.165, 1.54) is 28.0 Å². The molecule has 0 saturated carbocycles. The lowest BCUT2D eigenvalue weighted by molar-refractivity contribution is 0.589. The Labute approximate surface area is 187 Å². The molecule has 0 aromatic heterocycles. The maximum Gasteiger partial charge on any atom is 0.0720 e. The molecule has 2 nitrogen and oxygen atoms in total. The summed E-state index contributed by atoms with van der Waals surface area (Å²) in [5, 5.41) is 2.22. The van der Waals surface area contributed by atoms with Crippen LogP contribution in [-0.2, 0) is 10.8 Å². The second kappa shape index (κ2) is 8.01. The van der Waals surface area contributed by atoms with Gasteiger partial charge >= 0.3 is 0 Å². The number of nitrogens with zero attached hydrogens (tertiary/aromatic N) is 1. The lowest BCUT2D eigenvalue weighted by atomic mass is 9.86. The van der Waals surface area contributed by atoms with Crippen molar-refractivity contribution in [2.45, 2.75) is 58.4 Å². The summed E-state index contributed by atoms with van der Waals surface area (Å²) in [6.45, 7) is 13.5. The van der Waals surface area contributed by atoms with Crippen molar-refractivity contribution in [3.05, 3.63) is 107 Å². The van der Waals surface area contributed by atoms with Crippen LogP contribution in [0.5, 0.6) is 0 Å². The van der Waals surface area contributed by atoms with E-state index < -0.39 is 0 Å². The Morgan fingerprint density at radius 1 is 0.645 bits per heavy atom. The number of hydrogen-bond donors (Lipinski definition) is 1. The Morgan fingerprint density at radius 2 is 1.16 bits per heavy atom. The predicted octanol–water partition coefficient (Wildman–Crippen LogP) is 7.39. The van der Waals surface area contributed by atoms with E-state index in [-0.39, 0.29) is 16.9 Å². The molecule has 0 saturated heterocycles. The number of rotatable bonds is 3. The van der Waals surface area contributed by atoms with Crippen LogP contribution < -0.4 is 10.4 Å². The Kier molecular flexibility index (Phi) is 5.53. The number of nitrogens with one attached hydrogen (secondary N) is 1. The molecule has 2 heteroatoms. The highest BCUT2D eigenvalue weighted by Gasteiger charge is 2.27. The molecule has 31 heavy (non-hydrogen) atoms. The minimum Gasteiger partial charge on any atom is -0.276 e. The molecule has 1 aliphatic rings. The lowest BCUT2D eigenvalue weighted by Gasteiger charge is -2.25. The highest BCUT2D eigenvalue weighted by Crippen LogP contribution is 2.35. The molecule has 1 atom stereocenters. The van der Waals surface area contributed by atoms with Gasteiger partial charge in [0, 0.05) is 0 Å². The topological polar surface area (TPSA) is 15.3 Å². The van der Waals surface area contributed by atoms with E-state index in [1.807, 2.05) is 0 Å². The van der Waals surface area contributed by atoms with Gasteiger partial charge in [-0.05, 0) is 51.3 Å². The van der Waals surface area contributed by atoms with Crippen molar-refractivity contribution in [3.63, 3.8) is 0 Å². The standard InChI is InChI=1S/C29H34N2/c1-28(2,3)23-16-12-21(13-17-23)26-20-27(31(30-26)25-10-8-7-9-11-25)22-14-18-24(19-15-22)29(4,5)6/h7-20,26,30H,1-6H3. The first-order valence-electron chi connectivity index (χ1n) is 11.2. The molecule has 0 bridgehead atoms. The Bertz CT molecular complexity index is 1050. The van der Waals surface area contributed by atoms with Gasteiger partial charge in [-0.15, -0.1) is 0 Å². The van der Waals surface area contributed by atoms with Crippen molar-refractivity contribution in [1.82, 2.24) is 5.43 Å². The van der Waals surface area contributed by atoms with Crippen LogP contribution in [-0.4, -0.2) is 0 Å². The first-order valence-corrected chi connectivity index (χ1v) is 11.2. The Hall–Kier alpha value is -2.84. The van der Waals surface area contributed by atoms with Gasteiger partial charge in [0.25, 0.3) is 0 Å². The van der Waals surface area contributed by atoms with Crippen molar-refractivity contribution >= 4 is 11.4 Å². The van der Waals surface area contributed by atoms with Crippen LogP contribution in [0, 0.1) is 0 Å². The fourth-order valence-corrected chi connectivity index (χ4v) is 4.00. The second-order valence-corrected chi connectivity index (χ2v) is 10.5. The molecule has 0 spiro atoms. The van der Waals surface area contributed by atoms with E-state index in [9.17, 15) is 0 Å². The van der Waals surface area contributed by atoms with Crippen molar-refractivity contribution in [1.29, 1.82) is 0 Å². The van der Waals surface area contributed by atoms with Gasteiger partial charge in [-0.3, -0.25) is 5.01 Å². The fraction of sp³-hybridized carbons (Fsp3) is 0.310. The average Bonchev–Trinajstić information content (AvgIpc) is 3.19. The smallest absolute Gasteiger partial charge is 0.0720 e. The van der Waals surface area contributed by atoms with Crippen LogP contribution in [0.3, 0.4) is 0 Å². The van der Waals surface area contributed by atoms with Crippen molar-refractivity contribution < 1.29 is 0 Å². The summed E-state index contributed by atoms with van der Waals surface area (Å²) in [6, 6.07) is 28.7. The van der Waals surface area contributed by atoms with E-state index in [2.05, 4.69) is 137 Å². The summed E-state index contributed by atoms with van der Waals surface area (Å²) in [4.78, 5) is 0. The summed E-state index contributed by atoms with van der Waals surface area (Å²) in [7, 11) is 0. The van der Waals surface area contributed by atoms with Crippen molar-refractivity contribution in [2.75, 3.05) is 5.01 Å². The van der Waals surface area contributed by atoms with Crippen molar-refractivity contribution in [2.24, 2.45) is 0 Å². The van der Waals surface area contributed by atoms with E-state index >= 15 is 0 Å². The Balaban J connectivity index is 1.70. The third-order valence-corrected chi connectivity index (χ3v) is 6.03. The highest BCUT2D eigenvalue weighted by molar-refractivity contribution is 5.81. The third-order valence-electron chi connectivity index (χ3n) is 6.03. The molecule has 160 valence electrons. The molecule has 1 N–H and O–H groups in total. The maximum atomic E-state index is 3.72.